The van der Waals surface area contributed by atoms with Gasteiger partial charge in [-0.25, -0.2) is 22.8 Å². The molecule has 0 fully saturated rings. The van der Waals surface area contributed by atoms with Gasteiger partial charge in [-0.3, -0.25) is 9.59 Å². The first kappa shape index (κ1) is 22.4. The van der Waals surface area contributed by atoms with E-state index in [1.807, 2.05) is 6.92 Å². The first-order chi connectivity index (χ1) is 15.8. The number of anilines is 1. The molecule has 2 aromatic carbocycles. The topological polar surface area (TPSA) is 139 Å². The van der Waals surface area contributed by atoms with Crippen LogP contribution in [0.1, 0.15) is 30.6 Å². The molecule has 0 aliphatic heterocycles. The molecule has 0 saturated heterocycles. The van der Waals surface area contributed by atoms with Gasteiger partial charge in [0, 0.05) is 11.6 Å². The molecule has 0 saturated carbocycles. The molecule has 0 bridgehead atoms. The van der Waals surface area contributed by atoms with Gasteiger partial charge in [-0.1, -0.05) is 19.1 Å². The number of aromatic amines is 1. The monoisotopic (exact) mass is 466 g/mol. The molecule has 0 aliphatic rings. The van der Waals surface area contributed by atoms with Crippen LogP contribution in [0.15, 0.2) is 70.7 Å². The van der Waals surface area contributed by atoms with Crippen molar-refractivity contribution in [1.82, 2.24) is 24.5 Å². The standard InChI is InChI=1S/C22H22N6O4S/c1-3-14(2)27-33(31,32)16-10-8-15(9-11-16)21(29)26-18-6-4-5-7-19(18)28-20-17(12-25-28)22(30)24-13-23-20/h4-14,27H,3H2,1-2H3,(H,26,29)(H,23,24,30). The number of para-hydroxylation sites is 2. The number of carbonyl (C=O) groups is 1. The van der Waals surface area contributed by atoms with Crippen LogP contribution in [0.2, 0.25) is 0 Å². The van der Waals surface area contributed by atoms with Crippen LogP contribution in [0.3, 0.4) is 0 Å². The van der Waals surface area contributed by atoms with Crippen LogP contribution in [0.4, 0.5) is 5.69 Å². The van der Waals surface area contributed by atoms with Gasteiger partial charge < -0.3 is 10.3 Å². The number of H-pyrrole nitrogens is 1. The third-order valence-corrected chi connectivity index (χ3v) is 6.75. The Morgan fingerprint density at radius 2 is 1.88 bits per heavy atom. The van der Waals surface area contributed by atoms with Crippen LogP contribution in [0.25, 0.3) is 16.7 Å². The van der Waals surface area contributed by atoms with Gasteiger partial charge in [-0.05, 0) is 49.7 Å². The minimum atomic E-state index is -3.66. The Bertz CT molecular complexity index is 1470. The smallest absolute Gasteiger partial charge is 0.261 e. The van der Waals surface area contributed by atoms with Gasteiger partial charge in [0.05, 0.1) is 28.8 Å². The van der Waals surface area contributed by atoms with Crippen LogP contribution in [0.5, 0.6) is 0 Å². The highest BCUT2D eigenvalue weighted by Gasteiger charge is 2.18. The van der Waals surface area contributed by atoms with Crippen molar-refractivity contribution in [2.75, 3.05) is 5.32 Å². The second kappa shape index (κ2) is 8.96. The summed E-state index contributed by atoms with van der Waals surface area (Å²) in [7, 11) is -3.66. The average Bonchev–Trinajstić information content (AvgIpc) is 3.24. The molecule has 1 amide bonds. The van der Waals surface area contributed by atoms with Crippen molar-refractivity contribution >= 4 is 32.7 Å². The maximum atomic E-state index is 12.9. The zero-order valence-electron chi connectivity index (χ0n) is 17.9. The van der Waals surface area contributed by atoms with E-state index in [-0.39, 0.29) is 22.1 Å². The molecule has 33 heavy (non-hydrogen) atoms. The SMILES string of the molecule is CCC(C)NS(=O)(=O)c1ccc(C(=O)Nc2ccccc2-n2ncc3c(=O)[nH]cnc32)cc1. The maximum absolute atomic E-state index is 12.9. The Labute approximate surface area is 189 Å². The number of fused-ring (bicyclic) bond motifs is 1. The van der Waals surface area contributed by atoms with Gasteiger partial charge in [0.1, 0.15) is 5.39 Å². The van der Waals surface area contributed by atoms with E-state index in [1.54, 1.807) is 31.2 Å². The number of nitrogens with zero attached hydrogens (tertiary/aromatic N) is 3. The molecule has 11 heteroatoms. The highest BCUT2D eigenvalue weighted by atomic mass is 32.2. The lowest BCUT2D eigenvalue weighted by Crippen LogP contribution is -2.32. The zero-order valence-corrected chi connectivity index (χ0v) is 18.8. The summed E-state index contributed by atoms with van der Waals surface area (Å²) in [6.07, 6.45) is 3.36. The van der Waals surface area contributed by atoms with Crippen LogP contribution < -0.4 is 15.6 Å². The summed E-state index contributed by atoms with van der Waals surface area (Å²) < 4.78 is 28.9. The Morgan fingerprint density at radius 1 is 1.15 bits per heavy atom. The number of rotatable bonds is 7. The van der Waals surface area contributed by atoms with E-state index < -0.39 is 15.9 Å². The van der Waals surface area contributed by atoms with E-state index in [9.17, 15) is 18.0 Å². The molecule has 10 nitrogen and oxygen atoms in total. The summed E-state index contributed by atoms with van der Waals surface area (Å²) in [6, 6.07) is 12.4. The van der Waals surface area contributed by atoms with Gasteiger partial charge in [-0.2, -0.15) is 5.10 Å². The average molecular weight is 467 g/mol. The fraction of sp³-hybridized carbons (Fsp3) is 0.182. The van der Waals surface area contributed by atoms with Crippen molar-refractivity contribution in [2.24, 2.45) is 0 Å². The van der Waals surface area contributed by atoms with Crippen molar-refractivity contribution in [3.63, 3.8) is 0 Å². The van der Waals surface area contributed by atoms with Crippen LogP contribution >= 0.6 is 0 Å². The van der Waals surface area contributed by atoms with E-state index in [1.165, 1.54) is 41.5 Å². The van der Waals surface area contributed by atoms with E-state index in [0.717, 1.165) is 0 Å². The van der Waals surface area contributed by atoms with E-state index in [0.29, 0.717) is 28.8 Å². The van der Waals surface area contributed by atoms with Crippen molar-refractivity contribution in [2.45, 2.75) is 31.2 Å². The number of amides is 1. The Kier molecular flexibility index (Phi) is 6.07. The van der Waals surface area contributed by atoms with Gasteiger partial charge in [-0.15, -0.1) is 0 Å². The van der Waals surface area contributed by atoms with Crippen LogP contribution in [0, 0.1) is 0 Å². The lowest BCUT2D eigenvalue weighted by atomic mass is 10.2. The molecule has 0 radical (unpaired) electrons. The molecule has 1 atom stereocenters. The van der Waals surface area contributed by atoms with Gasteiger partial charge in [0.25, 0.3) is 11.5 Å². The molecule has 0 spiro atoms. The summed E-state index contributed by atoms with van der Waals surface area (Å²) in [6.45, 7) is 3.67. The first-order valence-corrected chi connectivity index (χ1v) is 11.7. The summed E-state index contributed by atoms with van der Waals surface area (Å²) in [4.78, 5) is 31.6. The Morgan fingerprint density at radius 3 is 2.61 bits per heavy atom. The number of benzene rings is 2. The maximum Gasteiger partial charge on any atom is 0.261 e. The molecule has 170 valence electrons. The summed E-state index contributed by atoms with van der Waals surface area (Å²) >= 11 is 0. The van der Waals surface area contributed by atoms with E-state index in [4.69, 9.17) is 0 Å². The second-order valence-electron chi connectivity index (χ2n) is 7.45. The number of nitrogens with one attached hydrogen (secondary N) is 3. The fourth-order valence-electron chi connectivity index (χ4n) is 3.19. The minimum Gasteiger partial charge on any atom is -0.320 e. The third kappa shape index (κ3) is 4.54. The fourth-order valence-corrected chi connectivity index (χ4v) is 4.52. The summed E-state index contributed by atoms with van der Waals surface area (Å²) in [5, 5.41) is 7.38. The van der Waals surface area contributed by atoms with Crippen molar-refractivity contribution in [3.05, 3.63) is 77.0 Å². The lowest BCUT2D eigenvalue weighted by Gasteiger charge is -2.13. The predicted molar refractivity (Wildman–Crippen MR) is 124 cm³/mol. The quantitative estimate of drug-likeness (QED) is 0.382. The molecule has 3 N–H and O–H groups in total. The Hall–Kier alpha value is -3.83. The van der Waals surface area contributed by atoms with Gasteiger partial charge in [0.15, 0.2) is 5.65 Å². The number of sulfonamides is 1. The molecule has 4 aromatic rings. The molecule has 1 unspecified atom stereocenters. The highest BCUT2D eigenvalue weighted by molar-refractivity contribution is 7.89. The predicted octanol–water partition coefficient (Wildman–Crippen LogP) is 2.44. The van der Waals surface area contributed by atoms with Gasteiger partial charge >= 0.3 is 0 Å². The van der Waals surface area contributed by atoms with E-state index >= 15 is 0 Å². The lowest BCUT2D eigenvalue weighted by molar-refractivity contribution is 0.102. The Balaban J connectivity index is 1.60. The van der Waals surface area contributed by atoms with E-state index in [2.05, 4.69) is 25.1 Å². The van der Waals surface area contributed by atoms with Crippen LogP contribution in [-0.4, -0.2) is 40.1 Å². The highest BCUT2D eigenvalue weighted by Crippen LogP contribution is 2.23. The molecule has 2 heterocycles. The van der Waals surface area contributed by atoms with Crippen molar-refractivity contribution in [1.29, 1.82) is 0 Å². The zero-order chi connectivity index (χ0) is 23.6. The molecule has 4 rings (SSSR count). The summed E-state index contributed by atoms with van der Waals surface area (Å²) in [5.74, 6) is -0.427. The largest absolute Gasteiger partial charge is 0.320 e. The number of hydrogen-bond donors (Lipinski definition) is 3. The normalized spacial score (nSPS) is 12.5. The van der Waals surface area contributed by atoms with Gasteiger partial charge in [0.2, 0.25) is 10.0 Å². The van der Waals surface area contributed by atoms with Crippen molar-refractivity contribution < 1.29 is 13.2 Å². The molecular formula is C22H22N6O4S. The number of carbonyl (C=O) groups excluding carboxylic acids is 1. The number of aromatic nitrogens is 4. The van der Waals surface area contributed by atoms with Crippen LogP contribution in [-0.2, 0) is 10.0 Å². The second-order valence-corrected chi connectivity index (χ2v) is 9.17. The number of hydrogen-bond acceptors (Lipinski definition) is 6. The molecule has 2 aromatic heterocycles. The third-order valence-electron chi connectivity index (χ3n) is 5.15. The molecule has 0 aliphatic carbocycles. The minimum absolute atomic E-state index is 0.0825. The first-order valence-electron chi connectivity index (χ1n) is 10.2. The van der Waals surface area contributed by atoms with Crippen molar-refractivity contribution in [3.8, 4) is 5.69 Å². The summed E-state index contributed by atoms with van der Waals surface area (Å²) in [5.41, 5.74) is 1.29. The molecular weight excluding hydrogens is 444 g/mol.